The topological polar surface area (TPSA) is 57.1 Å². The molecular formula is C24H18BrNO4. The molecule has 1 heterocycles. The molecule has 150 valence electrons. The number of ether oxygens (including phenoxy) is 3. The van der Waals surface area contributed by atoms with Crippen molar-refractivity contribution in [2.75, 3.05) is 13.2 Å². The van der Waals surface area contributed by atoms with E-state index in [-0.39, 0.29) is 5.70 Å². The third kappa shape index (κ3) is 5.15. The lowest BCUT2D eigenvalue weighted by Crippen LogP contribution is -2.08. The van der Waals surface area contributed by atoms with Crippen LogP contribution >= 0.6 is 15.9 Å². The van der Waals surface area contributed by atoms with Crippen molar-refractivity contribution >= 4 is 33.9 Å². The Hall–Kier alpha value is -3.38. The summed E-state index contributed by atoms with van der Waals surface area (Å²) in [7, 11) is 0. The maximum Gasteiger partial charge on any atom is 0.363 e. The summed E-state index contributed by atoms with van der Waals surface area (Å²) in [5, 5.41) is 0. The molecule has 0 spiro atoms. The van der Waals surface area contributed by atoms with E-state index in [0.717, 1.165) is 27.1 Å². The number of cyclic esters (lactones) is 1. The highest BCUT2D eigenvalue weighted by molar-refractivity contribution is 9.10. The first-order valence-electron chi connectivity index (χ1n) is 9.36. The summed E-state index contributed by atoms with van der Waals surface area (Å²) < 4.78 is 17.6. The van der Waals surface area contributed by atoms with Gasteiger partial charge >= 0.3 is 5.97 Å². The van der Waals surface area contributed by atoms with Gasteiger partial charge < -0.3 is 14.2 Å². The van der Waals surface area contributed by atoms with E-state index in [1.807, 2.05) is 78.9 Å². The molecule has 0 saturated heterocycles. The van der Waals surface area contributed by atoms with Crippen LogP contribution in [0.2, 0.25) is 0 Å². The lowest BCUT2D eigenvalue weighted by Gasteiger charge is -2.08. The summed E-state index contributed by atoms with van der Waals surface area (Å²) in [5.74, 6) is 1.37. The molecule has 0 unspecified atom stereocenters. The van der Waals surface area contributed by atoms with Crippen LogP contribution in [0.1, 0.15) is 11.1 Å². The normalized spacial score (nSPS) is 14.4. The molecule has 4 rings (SSSR count). The van der Waals surface area contributed by atoms with Crippen LogP contribution in [0, 0.1) is 0 Å². The number of carbonyl (C=O) groups excluding carboxylic acids is 1. The minimum Gasteiger partial charge on any atom is -0.490 e. The predicted octanol–water partition coefficient (Wildman–Crippen LogP) is 5.25. The Morgan fingerprint density at radius 3 is 2.07 bits per heavy atom. The number of halogens is 1. The minimum absolute atomic E-state index is 0.269. The second-order valence-electron chi connectivity index (χ2n) is 6.42. The lowest BCUT2D eigenvalue weighted by atomic mass is 10.2. The van der Waals surface area contributed by atoms with E-state index in [2.05, 4.69) is 20.9 Å². The summed E-state index contributed by atoms with van der Waals surface area (Å²) in [6.45, 7) is 0.865. The molecule has 0 atom stereocenters. The second-order valence-corrected chi connectivity index (χ2v) is 7.34. The molecule has 3 aromatic rings. The summed E-state index contributed by atoms with van der Waals surface area (Å²) in [6.07, 6.45) is 1.69. The maximum atomic E-state index is 12.1. The Balaban J connectivity index is 1.32. The van der Waals surface area contributed by atoms with Gasteiger partial charge in [-0.2, -0.15) is 0 Å². The van der Waals surface area contributed by atoms with Crippen LogP contribution in [0.15, 0.2) is 94.0 Å². The van der Waals surface area contributed by atoms with E-state index in [1.165, 1.54) is 0 Å². The molecule has 30 heavy (non-hydrogen) atoms. The Kier molecular flexibility index (Phi) is 6.25. The Bertz CT molecular complexity index is 1070. The number of esters is 1. The Morgan fingerprint density at radius 1 is 0.833 bits per heavy atom. The van der Waals surface area contributed by atoms with Crippen LogP contribution in [-0.4, -0.2) is 25.1 Å². The van der Waals surface area contributed by atoms with Crippen LogP contribution in [0.4, 0.5) is 0 Å². The van der Waals surface area contributed by atoms with Gasteiger partial charge in [-0.15, -0.1) is 0 Å². The molecule has 5 nitrogen and oxygen atoms in total. The van der Waals surface area contributed by atoms with Gasteiger partial charge in [-0.25, -0.2) is 9.79 Å². The molecule has 0 bridgehead atoms. The monoisotopic (exact) mass is 463 g/mol. The molecule has 0 aliphatic carbocycles. The maximum absolute atomic E-state index is 12.1. The van der Waals surface area contributed by atoms with Gasteiger partial charge in [0, 0.05) is 10.0 Å². The van der Waals surface area contributed by atoms with Gasteiger partial charge in [0.05, 0.1) is 0 Å². The van der Waals surface area contributed by atoms with Crippen LogP contribution in [0.25, 0.3) is 6.08 Å². The van der Waals surface area contributed by atoms with Crippen molar-refractivity contribution in [3.63, 3.8) is 0 Å². The largest absolute Gasteiger partial charge is 0.490 e. The van der Waals surface area contributed by atoms with Gasteiger partial charge in [-0.1, -0.05) is 46.3 Å². The van der Waals surface area contributed by atoms with Gasteiger partial charge in [0.2, 0.25) is 5.90 Å². The summed E-state index contributed by atoms with van der Waals surface area (Å²) in [5.41, 5.74) is 1.87. The quantitative estimate of drug-likeness (QED) is 0.272. The average molecular weight is 464 g/mol. The van der Waals surface area contributed by atoms with Gasteiger partial charge in [-0.05, 0) is 60.2 Å². The van der Waals surface area contributed by atoms with Crippen LogP contribution in [0.5, 0.6) is 11.5 Å². The third-order valence-electron chi connectivity index (χ3n) is 4.26. The molecule has 0 aromatic heterocycles. The highest BCUT2D eigenvalue weighted by Crippen LogP contribution is 2.21. The molecule has 0 saturated carbocycles. The van der Waals surface area contributed by atoms with Crippen molar-refractivity contribution in [1.29, 1.82) is 0 Å². The zero-order valence-electron chi connectivity index (χ0n) is 16.0. The number of benzene rings is 3. The molecule has 1 aliphatic rings. The van der Waals surface area contributed by atoms with Gasteiger partial charge in [0.15, 0.2) is 5.70 Å². The van der Waals surface area contributed by atoms with Crippen molar-refractivity contribution in [2.45, 2.75) is 0 Å². The molecule has 1 aliphatic heterocycles. The smallest absolute Gasteiger partial charge is 0.363 e. The zero-order chi connectivity index (χ0) is 20.8. The molecule has 6 heteroatoms. The third-order valence-corrected chi connectivity index (χ3v) is 4.79. The first-order valence-corrected chi connectivity index (χ1v) is 10.2. The fourth-order valence-corrected chi connectivity index (χ4v) is 3.05. The van der Waals surface area contributed by atoms with Crippen molar-refractivity contribution in [3.05, 3.63) is 100 Å². The molecule has 0 fully saturated rings. The number of nitrogens with zero attached hydrogens (tertiary/aromatic N) is 1. The fourth-order valence-electron chi connectivity index (χ4n) is 2.78. The minimum atomic E-state index is -0.459. The van der Waals surface area contributed by atoms with Crippen LogP contribution in [0.3, 0.4) is 0 Å². The molecule has 3 aromatic carbocycles. The highest BCUT2D eigenvalue weighted by atomic mass is 79.9. The Labute approximate surface area is 182 Å². The van der Waals surface area contributed by atoms with E-state index >= 15 is 0 Å². The molecular weight excluding hydrogens is 446 g/mol. The van der Waals surface area contributed by atoms with Gasteiger partial charge in [0.25, 0.3) is 0 Å². The van der Waals surface area contributed by atoms with Crippen molar-refractivity contribution in [1.82, 2.24) is 0 Å². The summed E-state index contributed by atoms with van der Waals surface area (Å²) in [4.78, 5) is 16.4. The van der Waals surface area contributed by atoms with Crippen molar-refractivity contribution in [2.24, 2.45) is 4.99 Å². The van der Waals surface area contributed by atoms with Crippen molar-refractivity contribution in [3.8, 4) is 11.5 Å². The zero-order valence-corrected chi connectivity index (χ0v) is 17.5. The SMILES string of the molecule is O=C1OC(c2ccccc2)=N/C1=C\c1ccc(OCCOc2ccc(Br)cc2)cc1. The first kappa shape index (κ1) is 19.9. The van der Waals surface area contributed by atoms with E-state index in [9.17, 15) is 4.79 Å². The predicted molar refractivity (Wildman–Crippen MR) is 119 cm³/mol. The molecule has 0 amide bonds. The Morgan fingerprint density at radius 2 is 1.43 bits per heavy atom. The van der Waals surface area contributed by atoms with Crippen LogP contribution < -0.4 is 9.47 Å². The van der Waals surface area contributed by atoms with E-state index in [1.54, 1.807) is 6.08 Å². The standard InChI is InChI=1S/C24H18BrNO4/c25-19-8-12-21(13-9-19)29-15-14-28-20-10-6-17(7-11-20)16-22-24(27)30-23(26-22)18-4-2-1-3-5-18/h1-13,16H,14-15H2/b22-16-. The van der Waals surface area contributed by atoms with E-state index in [0.29, 0.717) is 19.1 Å². The fraction of sp³-hybridized carbons (Fsp3) is 0.0833. The number of carbonyl (C=O) groups is 1. The number of hydrogen-bond acceptors (Lipinski definition) is 5. The summed E-state index contributed by atoms with van der Waals surface area (Å²) in [6, 6.07) is 24.4. The van der Waals surface area contributed by atoms with Gasteiger partial charge in [-0.3, -0.25) is 0 Å². The number of rotatable bonds is 7. The van der Waals surface area contributed by atoms with E-state index in [4.69, 9.17) is 14.2 Å². The second kappa shape index (κ2) is 9.41. The average Bonchev–Trinajstić information content (AvgIpc) is 3.14. The number of hydrogen-bond donors (Lipinski definition) is 0. The number of aliphatic imine (C=N–C) groups is 1. The summed E-state index contributed by atoms with van der Waals surface area (Å²) >= 11 is 3.39. The van der Waals surface area contributed by atoms with E-state index < -0.39 is 5.97 Å². The lowest BCUT2D eigenvalue weighted by molar-refractivity contribution is -0.129. The highest BCUT2D eigenvalue weighted by Gasteiger charge is 2.23. The molecule has 0 N–H and O–H groups in total. The molecule has 0 radical (unpaired) electrons. The van der Waals surface area contributed by atoms with Gasteiger partial charge in [0.1, 0.15) is 24.7 Å². The first-order chi connectivity index (χ1) is 14.7. The van der Waals surface area contributed by atoms with Crippen LogP contribution in [-0.2, 0) is 9.53 Å². The van der Waals surface area contributed by atoms with Crippen molar-refractivity contribution < 1.29 is 19.0 Å².